The van der Waals surface area contributed by atoms with Gasteiger partial charge in [-0.15, -0.1) is 0 Å². The summed E-state index contributed by atoms with van der Waals surface area (Å²) in [5.41, 5.74) is 3.55. The van der Waals surface area contributed by atoms with E-state index in [0.29, 0.717) is 17.0 Å². The topological polar surface area (TPSA) is 74.3 Å². The number of alkyl halides is 1. The van der Waals surface area contributed by atoms with Gasteiger partial charge in [-0.1, -0.05) is 0 Å². The van der Waals surface area contributed by atoms with Crippen LogP contribution in [0.1, 0.15) is 0 Å². The summed E-state index contributed by atoms with van der Waals surface area (Å²) in [6.45, 7) is -0.911. The molecule has 8 heteroatoms. The van der Waals surface area contributed by atoms with E-state index in [4.69, 9.17) is 4.74 Å². The number of halogens is 1. The molecule has 0 amide bonds. The SMILES string of the molecule is O=c1c2nccnc2c(-c2ccc3nccn3c2)cn1-c1ccc(OCF)cc1. The molecule has 0 N–H and O–H groups in total. The van der Waals surface area contributed by atoms with Crippen molar-refractivity contribution in [2.45, 2.75) is 0 Å². The zero-order chi connectivity index (χ0) is 19.8. The Morgan fingerprint density at radius 2 is 1.69 bits per heavy atom. The summed E-state index contributed by atoms with van der Waals surface area (Å²) < 4.78 is 20.6. The molecular weight excluding hydrogens is 373 g/mol. The number of benzene rings is 1. The highest BCUT2D eigenvalue weighted by molar-refractivity contribution is 5.90. The minimum absolute atomic E-state index is 0.264. The third kappa shape index (κ3) is 2.91. The Kier molecular flexibility index (Phi) is 4.02. The monoisotopic (exact) mass is 387 g/mol. The molecule has 5 rings (SSSR count). The van der Waals surface area contributed by atoms with Crippen LogP contribution in [0.25, 0.3) is 33.5 Å². The van der Waals surface area contributed by atoms with Gasteiger partial charge in [-0.05, 0) is 36.4 Å². The maximum atomic E-state index is 13.0. The van der Waals surface area contributed by atoms with Gasteiger partial charge in [0.15, 0.2) is 5.52 Å². The second-order valence-corrected chi connectivity index (χ2v) is 6.33. The van der Waals surface area contributed by atoms with Crippen LogP contribution in [0.15, 0.2) is 78.4 Å². The van der Waals surface area contributed by atoms with Crippen molar-refractivity contribution >= 4 is 16.7 Å². The molecule has 0 atom stereocenters. The zero-order valence-electron chi connectivity index (χ0n) is 15.1. The van der Waals surface area contributed by atoms with Crippen molar-refractivity contribution in [3.05, 3.63) is 83.9 Å². The minimum atomic E-state index is -0.911. The Hall–Kier alpha value is -4.07. The molecule has 5 aromatic rings. The summed E-state index contributed by atoms with van der Waals surface area (Å²) in [6, 6.07) is 10.4. The average Bonchev–Trinajstić information content (AvgIpc) is 3.23. The first-order chi connectivity index (χ1) is 14.2. The number of aromatic nitrogens is 5. The Morgan fingerprint density at radius 1 is 0.897 bits per heavy atom. The van der Waals surface area contributed by atoms with Gasteiger partial charge in [0, 0.05) is 54.0 Å². The quantitative estimate of drug-likeness (QED) is 0.473. The zero-order valence-corrected chi connectivity index (χ0v) is 15.1. The van der Waals surface area contributed by atoms with Gasteiger partial charge in [-0.2, -0.15) is 0 Å². The van der Waals surface area contributed by atoms with Gasteiger partial charge in [0.2, 0.25) is 6.86 Å². The van der Waals surface area contributed by atoms with Crippen LogP contribution in [0.3, 0.4) is 0 Å². The summed E-state index contributed by atoms with van der Waals surface area (Å²) >= 11 is 0. The van der Waals surface area contributed by atoms with Crippen molar-refractivity contribution in [3.8, 4) is 22.6 Å². The van der Waals surface area contributed by atoms with Crippen LogP contribution in [0.4, 0.5) is 4.39 Å². The van der Waals surface area contributed by atoms with E-state index in [1.807, 2.05) is 28.9 Å². The largest absolute Gasteiger partial charge is 0.463 e. The van der Waals surface area contributed by atoms with Crippen molar-refractivity contribution in [2.75, 3.05) is 6.86 Å². The summed E-state index contributed by atoms with van der Waals surface area (Å²) in [5.74, 6) is 0.385. The lowest BCUT2D eigenvalue weighted by atomic mass is 10.1. The Labute approximate surface area is 163 Å². The normalized spacial score (nSPS) is 11.2. The summed E-state index contributed by atoms with van der Waals surface area (Å²) in [6.07, 6.45) is 10.3. The van der Waals surface area contributed by atoms with Gasteiger partial charge in [0.05, 0.1) is 0 Å². The Bertz CT molecular complexity index is 1390. The molecule has 0 spiro atoms. The molecule has 0 unspecified atom stereocenters. The van der Waals surface area contributed by atoms with Crippen LogP contribution < -0.4 is 10.3 Å². The summed E-state index contributed by atoms with van der Waals surface area (Å²) in [7, 11) is 0. The third-order valence-electron chi connectivity index (χ3n) is 4.67. The fourth-order valence-corrected chi connectivity index (χ4v) is 3.30. The molecule has 0 saturated heterocycles. The van der Waals surface area contributed by atoms with Crippen LogP contribution in [0, 0.1) is 0 Å². The van der Waals surface area contributed by atoms with Gasteiger partial charge < -0.3 is 9.14 Å². The fourth-order valence-electron chi connectivity index (χ4n) is 3.30. The predicted octanol–water partition coefficient (Wildman–Crippen LogP) is 3.40. The van der Waals surface area contributed by atoms with Crippen molar-refractivity contribution in [1.29, 1.82) is 0 Å². The second-order valence-electron chi connectivity index (χ2n) is 6.33. The Morgan fingerprint density at radius 3 is 2.48 bits per heavy atom. The van der Waals surface area contributed by atoms with E-state index in [1.54, 1.807) is 42.9 Å². The number of ether oxygens (including phenoxy) is 1. The molecule has 0 fully saturated rings. The second kappa shape index (κ2) is 6.83. The van der Waals surface area contributed by atoms with Gasteiger partial charge >= 0.3 is 0 Å². The molecule has 7 nitrogen and oxygen atoms in total. The molecule has 0 aliphatic heterocycles. The third-order valence-corrected chi connectivity index (χ3v) is 4.67. The average molecular weight is 387 g/mol. The fraction of sp³-hybridized carbons (Fsp3) is 0.0476. The standard InChI is InChI=1S/C21H14FN5O2/c22-13-29-16-4-2-15(3-5-16)27-12-17(19-20(21(27)28)25-8-7-24-19)14-1-6-18-23-9-10-26(18)11-14/h1-12H,13H2. The van der Waals surface area contributed by atoms with Crippen molar-refractivity contribution in [2.24, 2.45) is 0 Å². The lowest BCUT2D eigenvalue weighted by molar-refractivity contribution is 0.192. The highest BCUT2D eigenvalue weighted by Gasteiger charge is 2.14. The number of fused-ring (bicyclic) bond motifs is 2. The lowest BCUT2D eigenvalue weighted by Crippen LogP contribution is -2.20. The number of rotatable bonds is 4. The summed E-state index contributed by atoms with van der Waals surface area (Å²) in [5, 5.41) is 0. The van der Waals surface area contributed by atoms with Gasteiger partial charge in [-0.25, -0.2) is 14.4 Å². The van der Waals surface area contributed by atoms with Crippen molar-refractivity contribution < 1.29 is 9.13 Å². The van der Waals surface area contributed by atoms with Crippen molar-refractivity contribution in [3.63, 3.8) is 0 Å². The molecule has 1 aromatic carbocycles. The number of hydrogen-bond acceptors (Lipinski definition) is 5. The van der Waals surface area contributed by atoms with Crippen LogP contribution in [-0.4, -0.2) is 30.8 Å². The highest BCUT2D eigenvalue weighted by Crippen LogP contribution is 2.26. The predicted molar refractivity (Wildman–Crippen MR) is 106 cm³/mol. The smallest absolute Gasteiger partial charge is 0.283 e. The van der Waals surface area contributed by atoms with Gasteiger partial charge in [-0.3, -0.25) is 14.3 Å². The number of hydrogen-bond donors (Lipinski definition) is 0. The maximum Gasteiger partial charge on any atom is 0.283 e. The van der Waals surface area contributed by atoms with Crippen LogP contribution >= 0.6 is 0 Å². The molecule has 0 radical (unpaired) electrons. The van der Waals surface area contributed by atoms with E-state index in [2.05, 4.69) is 15.0 Å². The van der Waals surface area contributed by atoms with Gasteiger partial charge in [0.1, 0.15) is 16.9 Å². The van der Waals surface area contributed by atoms with Gasteiger partial charge in [0.25, 0.3) is 5.56 Å². The van der Waals surface area contributed by atoms with Crippen LogP contribution in [0.5, 0.6) is 5.75 Å². The molecule has 0 aliphatic carbocycles. The first-order valence-corrected chi connectivity index (χ1v) is 8.83. The maximum absolute atomic E-state index is 13.0. The number of imidazole rings is 1. The van der Waals surface area contributed by atoms with Crippen LogP contribution in [0.2, 0.25) is 0 Å². The number of pyridine rings is 2. The number of nitrogens with zero attached hydrogens (tertiary/aromatic N) is 5. The minimum Gasteiger partial charge on any atom is -0.463 e. The Balaban J connectivity index is 1.75. The van der Waals surface area contributed by atoms with Crippen LogP contribution in [-0.2, 0) is 0 Å². The molecule has 0 aliphatic rings. The van der Waals surface area contributed by atoms with E-state index in [9.17, 15) is 9.18 Å². The first-order valence-electron chi connectivity index (χ1n) is 8.83. The molecule has 4 heterocycles. The lowest BCUT2D eigenvalue weighted by Gasteiger charge is -2.12. The van der Waals surface area contributed by atoms with E-state index in [0.717, 1.165) is 16.8 Å². The van der Waals surface area contributed by atoms with E-state index < -0.39 is 6.86 Å². The van der Waals surface area contributed by atoms with E-state index in [-0.39, 0.29) is 11.1 Å². The molecule has 29 heavy (non-hydrogen) atoms. The highest BCUT2D eigenvalue weighted by atomic mass is 19.1. The summed E-state index contributed by atoms with van der Waals surface area (Å²) in [4.78, 5) is 26.0. The molecule has 0 bridgehead atoms. The van der Waals surface area contributed by atoms with E-state index >= 15 is 0 Å². The molecule has 4 aromatic heterocycles. The first kappa shape index (κ1) is 17.1. The van der Waals surface area contributed by atoms with E-state index in [1.165, 1.54) is 10.8 Å². The molecule has 0 saturated carbocycles. The molecular formula is C21H14FN5O2. The molecule has 142 valence electrons. The van der Waals surface area contributed by atoms with Crippen molar-refractivity contribution in [1.82, 2.24) is 23.9 Å².